The number of carbonyl (C=O) groups excluding carboxylic acids is 1. The summed E-state index contributed by atoms with van der Waals surface area (Å²) in [5.41, 5.74) is -0.382. The molecule has 0 spiro atoms. The van der Waals surface area contributed by atoms with Crippen molar-refractivity contribution in [3.05, 3.63) is 29.8 Å². The van der Waals surface area contributed by atoms with Crippen molar-refractivity contribution >= 4 is 17.7 Å². The molecule has 0 saturated heterocycles. The topological polar surface area (TPSA) is 102 Å². The lowest BCUT2D eigenvalue weighted by Gasteiger charge is -2.26. The molecule has 3 N–H and O–H groups in total. The highest BCUT2D eigenvalue weighted by Crippen LogP contribution is 2.39. The van der Waals surface area contributed by atoms with Crippen molar-refractivity contribution in [2.45, 2.75) is 25.3 Å². The van der Waals surface area contributed by atoms with E-state index in [0.717, 1.165) is 12.8 Å². The van der Waals surface area contributed by atoms with Crippen molar-refractivity contribution in [3.8, 4) is 6.07 Å². The molecule has 0 aliphatic heterocycles. The van der Waals surface area contributed by atoms with Gasteiger partial charge in [-0.25, -0.2) is 9.59 Å². The highest BCUT2D eigenvalue weighted by atomic mass is 16.4. The number of carboxylic acids is 1. The smallest absolute Gasteiger partial charge is 0.329 e. The number of rotatable bonds is 4. The van der Waals surface area contributed by atoms with Gasteiger partial charge in [-0.05, 0) is 43.9 Å². The first-order valence-corrected chi connectivity index (χ1v) is 6.28. The number of carboxylic acid groups (broad SMARTS) is 1. The molecule has 104 valence electrons. The Kier molecular flexibility index (Phi) is 3.61. The fourth-order valence-electron chi connectivity index (χ4n) is 2.06. The van der Waals surface area contributed by atoms with Crippen LogP contribution in [0.1, 0.15) is 25.3 Å². The quantitative estimate of drug-likeness (QED) is 0.780. The van der Waals surface area contributed by atoms with Crippen molar-refractivity contribution in [2.24, 2.45) is 5.92 Å². The monoisotopic (exact) mass is 273 g/mol. The Morgan fingerprint density at radius 1 is 1.45 bits per heavy atom. The summed E-state index contributed by atoms with van der Waals surface area (Å²) in [4.78, 5) is 23.2. The largest absolute Gasteiger partial charge is 0.480 e. The van der Waals surface area contributed by atoms with E-state index in [-0.39, 0.29) is 5.92 Å². The Balaban J connectivity index is 2.05. The van der Waals surface area contributed by atoms with Gasteiger partial charge in [0.1, 0.15) is 5.54 Å². The van der Waals surface area contributed by atoms with Crippen LogP contribution in [0.15, 0.2) is 24.3 Å². The minimum Gasteiger partial charge on any atom is -0.480 e. The molecule has 1 fully saturated rings. The molecule has 20 heavy (non-hydrogen) atoms. The van der Waals surface area contributed by atoms with E-state index >= 15 is 0 Å². The van der Waals surface area contributed by atoms with Crippen molar-refractivity contribution in [2.75, 3.05) is 5.32 Å². The van der Waals surface area contributed by atoms with E-state index in [4.69, 9.17) is 5.26 Å². The van der Waals surface area contributed by atoms with Gasteiger partial charge < -0.3 is 15.7 Å². The Labute approximate surface area is 116 Å². The number of hydrogen-bond acceptors (Lipinski definition) is 3. The molecule has 2 amide bonds. The Morgan fingerprint density at radius 3 is 2.70 bits per heavy atom. The van der Waals surface area contributed by atoms with Gasteiger partial charge in [-0.1, -0.05) is 6.07 Å². The van der Waals surface area contributed by atoms with Gasteiger partial charge in [0.15, 0.2) is 0 Å². The minimum absolute atomic E-state index is 0.0313. The van der Waals surface area contributed by atoms with Gasteiger partial charge in [0.05, 0.1) is 11.6 Å². The van der Waals surface area contributed by atoms with Crippen LogP contribution in [0.25, 0.3) is 0 Å². The zero-order chi connectivity index (χ0) is 14.8. The van der Waals surface area contributed by atoms with E-state index in [1.165, 1.54) is 13.0 Å². The first-order valence-electron chi connectivity index (χ1n) is 6.28. The predicted octanol–water partition coefficient (Wildman–Crippen LogP) is 1.93. The van der Waals surface area contributed by atoms with Gasteiger partial charge in [-0.15, -0.1) is 0 Å². The summed E-state index contributed by atoms with van der Waals surface area (Å²) < 4.78 is 0. The van der Waals surface area contributed by atoms with Gasteiger partial charge in [-0.3, -0.25) is 0 Å². The van der Waals surface area contributed by atoms with Crippen LogP contribution in [0.5, 0.6) is 0 Å². The molecule has 1 aromatic carbocycles. The van der Waals surface area contributed by atoms with E-state index in [0.29, 0.717) is 11.3 Å². The SMILES string of the molecule is CC(NC(=O)Nc1cccc(C#N)c1)(C(=O)O)C1CC1. The summed E-state index contributed by atoms with van der Waals surface area (Å²) in [6, 6.07) is 7.80. The normalized spacial score (nSPS) is 16.6. The molecular formula is C14H15N3O3. The van der Waals surface area contributed by atoms with Gasteiger partial charge in [0.25, 0.3) is 0 Å². The number of anilines is 1. The summed E-state index contributed by atoms with van der Waals surface area (Å²) in [5.74, 6) is -1.07. The molecule has 1 unspecified atom stereocenters. The number of nitriles is 1. The lowest BCUT2D eigenvalue weighted by atomic mass is 9.96. The number of carbonyl (C=O) groups is 2. The summed E-state index contributed by atoms with van der Waals surface area (Å²) in [7, 11) is 0. The van der Waals surface area contributed by atoms with Crippen LogP contribution in [0.3, 0.4) is 0 Å². The Hall–Kier alpha value is -2.55. The second-order valence-electron chi connectivity index (χ2n) is 5.05. The number of amides is 2. The molecule has 0 aromatic heterocycles. The Bertz CT molecular complexity index is 590. The molecule has 2 rings (SSSR count). The minimum atomic E-state index is -1.25. The van der Waals surface area contributed by atoms with E-state index < -0.39 is 17.5 Å². The molecule has 6 nitrogen and oxygen atoms in total. The van der Waals surface area contributed by atoms with Crippen LogP contribution < -0.4 is 10.6 Å². The Morgan fingerprint density at radius 2 is 2.15 bits per heavy atom. The second kappa shape index (κ2) is 5.21. The molecule has 0 heterocycles. The standard InChI is InChI=1S/C14H15N3O3/c1-14(12(18)19,10-5-6-10)17-13(20)16-11-4-2-3-9(7-11)8-15/h2-4,7,10H,5-6H2,1H3,(H,18,19)(H2,16,17,20). The lowest BCUT2D eigenvalue weighted by molar-refractivity contribution is -0.144. The molecule has 1 aliphatic carbocycles. The van der Waals surface area contributed by atoms with Crippen LogP contribution in [-0.2, 0) is 4.79 Å². The number of benzene rings is 1. The maximum atomic E-state index is 11.9. The number of nitrogens with zero attached hydrogens (tertiary/aromatic N) is 1. The third-order valence-corrected chi connectivity index (χ3v) is 3.46. The van der Waals surface area contributed by atoms with E-state index in [1.807, 2.05) is 6.07 Å². The van der Waals surface area contributed by atoms with Crippen molar-refractivity contribution < 1.29 is 14.7 Å². The van der Waals surface area contributed by atoms with Gasteiger partial charge >= 0.3 is 12.0 Å². The van der Waals surface area contributed by atoms with Crippen LogP contribution in [0.2, 0.25) is 0 Å². The third kappa shape index (κ3) is 2.88. The lowest BCUT2D eigenvalue weighted by Crippen LogP contribution is -2.55. The average molecular weight is 273 g/mol. The fourth-order valence-corrected chi connectivity index (χ4v) is 2.06. The van der Waals surface area contributed by atoms with E-state index in [1.54, 1.807) is 18.2 Å². The maximum absolute atomic E-state index is 11.9. The molecule has 0 radical (unpaired) electrons. The van der Waals surface area contributed by atoms with Crippen LogP contribution in [0, 0.1) is 17.2 Å². The number of urea groups is 1. The summed E-state index contributed by atoms with van der Waals surface area (Å²) in [6.07, 6.45) is 1.60. The third-order valence-electron chi connectivity index (χ3n) is 3.46. The second-order valence-corrected chi connectivity index (χ2v) is 5.05. The summed E-state index contributed by atoms with van der Waals surface area (Å²) in [5, 5.41) is 23.1. The van der Waals surface area contributed by atoms with E-state index in [2.05, 4.69) is 10.6 Å². The molecule has 1 atom stereocenters. The molecule has 1 aromatic rings. The molecule has 0 bridgehead atoms. The fraction of sp³-hybridized carbons (Fsp3) is 0.357. The summed E-state index contributed by atoms with van der Waals surface area (Å²) >= 11 is 0. The van der Waals surface area contributed by atoms with Crippen molar-refractivity contribution in [1.82, 2.24) is 5.32 Å². The molecular weight excluding hydrogens is 258 g/mol. The molecule has 1 saturated carbocycles. The van der Waals surface area contributed by atoms with Gasteiger partial charge in [0, 0.05) is 5.69 Å². The highest BCUT2D eigenvalue weighted by molar-refractivity contribution is 5.94. The predicted molar refractivity (Wildman–Crippen MR) is 72.1 cm³/mol. The number of nitrogens with one attached hydrogen (secondary N) is 2. The molecule has 1 aliphatic rings. The van der Waals surface area contributed by atoms with Crippen LogP contribution in [-0.4, -0.2) is 22.6 Å². The first kappa shape index (κ1) is 13.9. The van der Waals surface area contributed by atoms with E-state index in [9.17, 15) is 14.7 Å². The van der Waals surface area contributed by atoms with Crippen molar-refractivity contribution in [3.63, 3.8) is 0 Å². The number of aliphatic carboxylic acids is 1. The average Bonchev–Trinajstić information content (AvgIpc) is 3.23. The van der Waals surface area contributed by atoms with Gasteiger partial charge in [0.2, 0.25) is 0 Å². The maximum Gasteiger partial charge on any atom is 0.329 e. The van der Waals surface area contributed by atoms with Crippen molar-refractivity contribution in [1.29, 1.82) is 5.26 Å². The van der Waals surface area contributed by atoms with Gasteiger partial charge in [-0.2, -0.15) is 5.26 Å². The highest BCUT2D eigenvalue weighted by Gasteiger charge is 2.48. The first-order chi connectivity index (χ1) is 9.45. The molecule has 6 heteroatoms. The zero-order valence-corrected chi connectivity index (χ0v) is 11.0. The van der Waals surface area contributed by atoms with Crippen LogP contribution in [0.4, 0.5) is 10.5 Å². The summed E-state index contributed by atoms with van der Waals surface area (Å²) in [6.45, 7) is 1.51. The van der Waals surface area contributed by atoms with Crippen LogP contribution >= 0.6 is 0 Å². The zero-order valence-electron chi connectivity index (χ0n) is 11.0. The number of hydrogen-bond donors (Lipinski definition) is 3.